The molecule has 0 aromatic heterocycles. The fourth-order valence-electron chi connectivity index (χ4n) is 3.26. The summed E-state index contributed by atoms with van der Waals surface area (Å²) in [6.45, 7) is 20.2. The predicted molar refractivity (Wildman–Crippen MR) is 93.6 cm³/mol. The molecule has 1 saturated heterocycles. The lowest BCUT2D eigenvalue weighted by atomic mass is 9.66. The van der Waals surface area contributed by atoms with Crippen molar-refractivity contribution in [3.05, 3.63) is 0 Å². The molecule has 4 unspecified atom stereocenters. The molecule has 0 spiro atoms. The average molecular weight is 297 g/mol. The Morgan fingerprint density at radius 3 is 2.00 bits per heavy atom. The SMILES string of the molecule is CCC(C)C(C)CCC(CCC1(C)CO1)C(C)(C)C(C)C. The van der Waals surface area contributed by atoms with Gasteiger partial charge in [-0.1, -0.05) is 61.3 Å². The van der Waals surface area contributed by atoms with Crippen LogP contribution in [0.3, 0.4) is 0 Å². The van der Waals surface area contributed by atoms with Gasteiger partial charge in [0.1, 0.15) is 0 Å². The van der Waals surface area contributed by atoms with Gasteiger partial charge in [0.2, 0.25) is 0 Å². The van der Waals surface area contributed by atoms with Crippen molar-refractivity contribution >= 4 is 0 Å². The lowest BCUT2D eigenvalue weighted by Crippen LogP contribution is -2.31. The first-order valence-corrected chi connectivity index (χ1v) is 9.26. The Morgan fingerprint density at radius 2 is 1.57 bits per heavy atom. The van der Waals surface area contributed by atoms with E-state index in [1.54, 1.807) is 0 Å². The Labute approximate surface area is 134 Å². The van der Waals surface area contributed by atoms with Gasteiger partial charge in [-0.15, -0.1) is 0 Å². The zero-order valence-corrected chi connectivity index (χ0v) is 16.0. The highest BCUT2D eigenvalue weighted by molar-refractivity contribution is 4.90. The van der Waals surface area contributed by atoms with Crippen LogP contribution in [-0.2, 0) is 4.74 Å². The van der Waals surface area contributed by atoms with Crippen molar-refractivity contribution in [1.82, 2.24) is 0 Å². The fraction of sp³-hybridized carbons (Fsp3) is 1.00. The minimum absolute atomic E-state index is 0.216. The van der Waals surface area contributed by atoms with Crippen molar-refractivity contribution in [2.24, 2.45) is 29.1 Å². The summed E-state index contributed by atoms with van der Waals surface area (Å²) in [6, 6.07) is 0. The van der Waals surface area contributed by atoms with Crippen molar-refractivity contribution in [2.75, 3.05) is 6.61 Å². The summed E-state index contributed by atoms with van der Waals surface area (Å²) in [7, 11) is 0. The molecule has 1 heterocycles. The molecule has 0 aromatic rings. The van der Waals surface area contributed by atoms with Gasteiger partial charge in [0.25, 0.3) is 0 Å². The Balaban J connectivity index is 2.58. The van der Waals surface area contributed by atoms with Crippen LogP contribution in [0.4, 0.5) is 0 Å². The molecule has 21 heavy (non-hydrogen) atoms. The van der Waals surface area contributed by atoms with Crippen molar-refractivity contribution < 1.29 is 4.74 Å². The van der Waals surface area contributed by atoms with Gasteiger partial charge in [-0.25, -0.2) is 0 Å². The number of hydrogen-bond donors (Lipinski definition) is 0. The summed E-state index contributed by atoms with van der Waals surface area (Å²) >= 11 is 0. The van der Waals surface area contributed by atoms with Crippen LogP contribution in [0.5, 0.6) is 0 Å². The van der Waals surface area contributed by atoms with E-state index in [4.69, 9.17) is 4.74 Å². The summed E-state index contributed by atoms with van der Waals surface area (Å²) in [5.41, 5.74) is 0.647. The van der Waals surface area contributed by atoms with E-state index in [1.807, 2.05) is 0 Å². The normalized spacial score (nSPS) is 26.7. The molecule has 1 aliphatic heterocycles. The van der Waals surface area contributed by atoms with Crippen LogP contribution >= 0.6 is 0 Å². The van der Waals surface area contributed by atoms with Crippen molar-refractivity contribution in [3.8, 4) is 0 Å². The van der Waals surface area contributed by atoms with Gasteiger partial charge in [0, 0.05) is 0 Å². The van der Waals surface area contributed by atoms with Gasteiger partial charge in [0.15, 0.2) is 0 Å². The lowest BCUT2D eigenvalue weighted by Gasteiger charge is -2.39. The molecule has 0 radical (unpaired) electrons. The third-order valence-electron chi connectivity index (χ3n) is 6.78. The first kappa shape index (κ1) is 19.0. The van der Waals surface area contributed by atoms with E-state index in [-0.39, 0.29) is 5.60 Å². The van der Waals surface area contributed by atoms with Crippen molar-refractivity contribution in [3.63, 3.8) is 0 Å². The molecule has 0 aliphatic carbocycles. The molecule has 1 nitrogen and oxygen atoms in total. The number of rotatable bonds is 10. The van der Waals surface area contributed by atoms with E-state index in [9.17, 15) is 0 Å². The zero-order chi connectivity index (χ0) is 16.3. The maximum Gasteiger partial charge on any atom is 0.0888 e. The van der Waals surface area contributed by atoms with Crippen molar-refractivity contribution in [1.29, 1.82) is 0 Å². The Morgan fingerprint density at radius 1 is 1.00 bits per heavy atom. The van der Waals surface area contributed by atoms with Gasteiger partial charge in [-0.05, 0) is 55.3 Å². The Bertz CT molecular complexity index is 301. The van der Waals surface area contributed by atoms with Crippen LogP contribution in [0.1, 0.15) is 87.5 Å². The van der Waals surface area contributed by atoms with Gasteiger partial charge in [-0.3, -0.25) is 0 Å². The monoisotopic (exact) mass is 296 g/mol. The van der Waals surface area contributed by atoms with Crippen LogP contribution in [0.2, 0.25) is 0 Å². The molecular formula is C20H40O. The highest BCUT2D eigenvalue weighted by atomic mass is 16.6. The first-order valence-electron chi connectivity index (χ1n) is 9.26. The molecule has 0 bridgehead atoms. The second-order valence-corrected chi connectivity index (χ2v) is 8.89. The maximum absolute atomic E-state index is 5.60. The molecule has 126 valence electrons. The van der Waals surface area contributed by atoms with Crippen LogP contribution in [0.25, 0.3) is 0 Å². The fourth-order valence-corrected chi connectivity index (χ4v) is 3.26. The Hall–Kier alpha value is -0.0400. The highest BCUT2D eigenvalue weighted by Gasteiger charge is 2.41. The van der Waals surface area contributed by atoms with Crippen LogP contribution in [-0.4, -0.2) is 12.2 Å². The summed E-state index contributed by atoms with van der Waals surface area (Å²) in [5.74, 6) is 3.28. The maximum atomic E-state index is 5.60. The second-order valence-electron chi connectivity index (χ2n) is 8.89. The molecule has 0 aromatic carbocycles. The third-order valence-corrected chi connectivity index (χ3v) is 6.78. The van der Waals surface area contributed by atoms with Crippen LogP contribution in [0.15, 0.2) is 0 Å². The lowest BCUT2D eigenvalue weighted by molar-refractivity contribution is 0.102. The zero-order valence-electron chi connectivity index (χ0n) is 16.0. The summed E-state index contributed by atoms with van der Waals surface area (Å²) in [4.78, 5) is 0. The van der Waals surface area contributed by atoms with Crippen molar-refractivity contribution in [2.45, 2.75) is 93.1 Å². The largest absolute Gasteiger partial charge is 0.370 e. The van der Waals surface area contributed by atoms with E-state index in [0.717, 1.165) is 30.3 Å². The quantitative estimate of drug-likeness (QED) is 0.430. The highest BCUT2D eigenvalue weighted by Crippen LogP contribution is 2.44. The minimum Gasteiger partial charge on any atom is -0.370 e. The van der Waals surface area contributed by atoms with Gasteiger partial charge in [-0.2, -0.15) is 0 Å². The topological polar surface area (TPSA) is 12.5 Å². The smallest absolute Gasteiger partial charge is 0.0888 e. The Kier molecular flexibility index (Phi) is 6.78. The summed E-state index contributed by atoms with van der Waals surface area (Å²) in [6.07, 6.45) is 6.64. The molecule has 1 heteroatoms. The number of hydrogen-bond acceptors (Lipinski definition) is 1. The third kappa shape index (κ3) is 5.58. The molecule has 1 rings (SSSR count). The molecule has 1 fully saturated rings. The van der Waals surface area contributed by atoms with E-state index >= 15 is 0 Å². The predicted octanol–water partition coefficient (Wildman–Crippen LogP) is 6.32. The van der Waals surface area contributed by atoms with E-state index < -0.39 is 0 Å². The van der Waals surface area contributed by atoms with Crippen LogP contribution in [0, 0.1) is 29.1 Å². The summed E-state index contributed by atoms with van der Waals surface area (Å²) < 4.78 is 5.60. The standard InChI is InChI=1S/C20H40O/c1-9-16(4)17(5)10-11-18(19(6,7)15(2)3)12-13-20(8)14-21-20/h15-18H,9-14H2,1-8H3. The van der Waals surface area contributed by atoms with E-state index in [1.165, 1.54) is 32.1 Å². The molecular weight excluding hydrogens is 256 g/mol. The second kappa shape index (κ2) is 7.49. The average Bonchev–Trinajstić information content (AvgIpc) is 3.15. The summed E-state index contributed by atoms with van der Waals surface area (Å²) in [5, 5.41) is 0. The molecule has 0 saturated carbocycles. The van der Waals surface area contributed by atoms with Crippen LogP contribution < -0.4 is 0 Å². The molecule has 4 atom stereocenters. The number of epoxide rings is 1. The molecule has 0 amide bonds. The van der Waals surface area contributed by atoms with Gasteiger partial charge >= 0.3 is 0 Å². The van der Waals surface area contributed by atoms with E-state index in [0.29, 0.717) is 5.41 Å². The van der Waals surface area contributed by atoms with Gasteiger partial charge in [0.05, 0.1) is 12.2 Å². The number of ether oxygens (including phenoxy) is 1. The van der Waals surface area contributed by atoms with Gasteiger partial charge < -0.3 is 4.74 Å². The molecule has 1 aliphatic rings. The van der Waals surface area contributed by atoms with E-state index in [2.05, 4.69) is 55.4 Å². The first-order chi connectivity index (χ1) is 9.62. The molecule has 0 N–H and O–H groups in total. The minimum atomic E-state index is 0.216.